The Morgan fingerprint density at radius 3 is 2.82 bits per heavy atom. The number of hydrogen-bond acceptors (Lipinski definition) is 3. The summed E-state index contributed by atoms with van der Waals surface area (Å²) < 4.78 is 0.984. The molecule has 6 heteroatoms. The van der Waals surface area contributed by atoms with E-state index in [1.807, 2.05) is 49.4 Å². The Hall–Kier alpha value is -1.79. The fraction of sp³-hybridized carbons (Fsp3) is 0.125. The number of thioether (sulfide) groups is 1. The van der Waals surface area contributed by atoms with Crippen LogP contribution < -0.4 is 5.32 Å². The molecule has 112 valence electrons. The van der Waals surface area contributed by atoms with Gasteiger partial charge >= 0.3 is 0 Å². The third-order valence-corrected chi connectivity index (χ3v) is 4.49. The maximum atomic E-state index is 12.0. The second-order valence-corrected chi connectivity index (χ2v) is 6.79. The number of rotatable bonds is 4. The Morgan fingerprint density at radius 1 is 1.27 bits per heavy atom. The first kappa shape index (κ1) is 15.1. The smallest absolute Gasteiger partial charge is 0.234 e. The summed E-state index contributed by atoms with van der Waals surface area (Å²) in [5.41, 5.74) is 3.88. The molecular weight excluding hydrogens is 362 g/mol. The Kier molecular flexibility index (Phi) is 4.49. The summed E-state index contributed by atoms with van der Waals surface area (Å²) in [4.78, 5) is 19.6. The fourth-order valence-electron chi connectivity index (χ4n) is 2.03. The van der Waals surface area contributed by atoms with Crippen LogP contribution in [-0.2, 0) is 4.79 Å². The van der Waals surface area contributed by atoms with Crippen LogP contribution in [0.25, 0.3) is 11.0 Å². The van der Waals surface area contributed by atoms with Crippen LogP contribution in [0.3, 0.4) is 0 Å². The highest BCUT2D eigenvalue weighted by Crippen LogP contribution is 2.21. The molecule has 0 atom stereocenters. The molecule has 1 aromatic heterocycles. The predicted octanol–water partition coefficient (Wildman–Crippen LogP) is 4.36. The van der Waals surface area contributed by atoms with Gasteiger partial charge in [0.2, 0.25) is 5.91 Å². The number of amides is 1. The number of nitrogens with one attached hydrogen (secondary N) is 2. The monoisotopic (exact) mass is 375 g/mol. The number of nitrogens with zero attached hydrogens (tertiary/aromatic N) is 1. The van der Waals surface area contributed by atoms with Crippen LogP contribution in [0.1, 0.15) is 5.56 Å². The van der Waals surface area contributed by atoms with Gasteiger partial charge in [-0.3, -0.25) is 4.79 Å². The molecule has 1 heterocycles. The lowest BCUT2D eigenvalue weighted by atomic mass is 10.2. The molecule has 0 radical (unpaired) electrons. The van der Waals surface area contributed by atoms with Crippen molar-refractivity contribution in [1.29, 1.82) is 0 Å². The maximum Gasteiger partial charge on any atom is 0.234 e. The average Bonchev–Trinajstić information content (AvgIpc) is 2.89. The van der Waals surface area contributed by atoms with E-state index in [4.69, 9.17) is 0 Å². The van der Waals surface area contributed by atoms with Crippen LogP contribution >= 0.6 is 27.7 Å². The van der Waals surface area contributed by atoms with Gasteiger partial charge in [0.05, 0.1) is 16.8 Å². The van der Waals surface area contributed by atoms with Crippen molar-refractivity contribution >= 4 is 50.3 Å². The van der Waals surface area contributed by atoms with E-state index < -0.39 is 0 Å². The second-order valence-electron chi connectivity index (χ2n) is 4.91. The van der Waals surface area contributed by atoms with Crippen molar-refractivity contribution in [2.24, 2.45) is 0 Å². The molecule has 2 N–H and O–H groups in total. The van der Waals surface area contributed by atoms with Gasteiger partial charge < -0.3 is 10.3 Å². The van der Waals surface area contributed by atoms with Gasteiger partial charge in [-0.2, -0.15) is 0 Å². The molecule has 22 heavy (non-hydrogen) atoms. The summed E-state index contributed by atoms with van der Waals surface area (Å²) in [6.07, 6.45) is 0. The van der Waals surface area contributed by atoms with Gasteiger partial charge in [-0.05, 0) is 48.9 Å². The number of aryl methyl sites for hydroxylation is 1. The summed E-state index contributed by atoms with van der Waals surface area (Å²) in [7, 11) is 0. The Balaban J connectivity index is 1.61. The van der Waals surface area contributed by atoms with E-state index in [1.54, 1.807) is 0 Å². The van der Waals surface area contributed by atoms with E-state index in [0.29, 0.717) is 5.75 Å². The normalized spacial score (nSPS) is 10.8. The van der Waals surface area contributed by atoms with Gasteiger partial charge in [0.15, 0.2) is 5.16 Å². The van der Waals surface area contributed by atoms with Crippen molar-refractivity contribution in [3.05, 3.63) is 52.5 Å². The van der Waals surface area contributed by atoms with E-state index in [-0.39, 0.29) is 5.91 Å². The zero-order chi connectivity index (χ0) is 15.5. The molecule has 2 aromatic carbocycles. The molecule has 1 amide bonds. The van der Waals surface area contributed by atoms with Gasteiger partial charge in [0.25, 0.3) is 0 Å². The van der Waals surface area contributed by atoms with E-state index in [2.05, 4.69) is 31.2 Å². The van der Waals surface area contributed by atoms with E-state index in [9.17, 15) is 4.79 Å². The number of anilines is 1. The Morgan fingerprint density at radius 2 is 2.05 bits per heavy atom. The molecule has 0 aliphatic rings. The largest absolute Gasteiger partial charge is 0.333 e. The van der Waals surface area contributed by atoms with Crippen LogP contribution in [-0.4, -0.2) is 21.6 Å². The van der Waals surface area contributed by atoms with Crippen molar-refractivity contribution in [2.45, 2.75) is 12.1 Å². The molecule has 0 spiro atoms. The quantitative estimate of drug-likeness (QED) is 0.665. The first-order valence-electron chi connectivity index (χ1n) is 6.75. The molecule has 4 nitrogen and oxygen atoms in total. The molecular formula is C16H14BrN3OS. The highest BCUT2D eigenvalue weighted by Gasteiger charge is 2.07. The number of benzene rings is 2. The van der Waals surface area contributed by atoms with Crippen LogP contribution in [0, 0.1) is 6.92 Å². The lowest BCUT2D eigenvalue weighted by Gasteiger charge is -2.04. The number of hydrogen-bond donors (Lipinski definition) is 2. The fourth-order valence-corrected chi connectivity index (χ4v) is 2.98. The Bertz CT molecular complexity index is 814. The van der Waals surface area contributed by atoms with E-state index in [0.717, 1.165) is 26.3 Å². The number of aromatic nitrogens is 2. The van der Waals surface area contributed by atoms with Crippen LogP contribution in [0.4, 0.5) is 5.69 Å². The van der Waals surface area contributed by atoms with Gasteiger partial charge in [0.1, 0.15) is 0 Å². The van der Waals surface area contributed by atoms with Crippen molar-refractivity contribution in [1.82, 2.24) is 9.97 Å². The number of aromatic amines is 1. The molecule has 0 aliphatic heterocycles. The molecule has 0 fully saturated rings. The summed E-state index contributed by atoms with van der Waals surface area (Å²) in [6, 6.07) is 13.6. The van der Waals surface area contributed by atoms with Crippen LogP contribution in [0.2, 0.25) is 0 Å². The number of fused-ring (bicyclic) bond motifs is 1. The van der Waals surface area contributed by atoms with Crippen molar-refractivity contribution < 1.29 is 4.79 Å². The lowest BCUT2D eigenvalue weighted by molar-refractivity contribution is -0.113. The molecule has 3 rings (SSSR count). The van der Waals surface area contributed by atoms with Crippen LogP contribution in [0.15, 0.2) is 52.1 Å². The maximum absolute atomic E-state index is 12.0. The van der Waals surface area contributed by atoms with Crippen molar-refractivity contribution in [2.75, 3.05) is 11.1 Å². The average molecular weight is 376 g/mol. The Labute approximate surface area is 140 Å². The summed E-state index contributed by atoms with van der Waals surface area (Å²) >= 11 is 4.76. The number of H-pyrrole nitrogens is 1. The highest BCUT2D eigenvalue weighted by atomic mass is 79.9. The molecule has 0 aliphatic carbocycles. The number of carbonyl (C=O) groups excluding carboxylic acids is 1. The van der Waals surface area contributed by atoms with Gasteiger partial charge in [-0.15, -0.1) is 0 Å². The summed E-state index contributed by atoms with van der Waals surface area (Å²) in [5, 5.41) is 3.62. The SMILES string of the molecule is Cc1ccc2nc(SCC(=O)Nc3ccc(Br)cc3)[nH]c2c1. The molecule has 0 saturated carbocycles. The summed E-state index contributed by atoms with van der Waals surface area (Å²) in [5.74, 6) is 0.262. The summed E-state index contributed by atoms with van der Waals surface area (Å²) in [6.45, 7) is 2.04. The lowest BCUT2D eigenvalue weighted by Crippen LogP contribution is -2.13. The first-order chi connectivity index (χ1) is 10.6. The van der Waals surface area contributed by atoms with E-state index in [1.165, 1.54) is 17.3 Å². The topological polar surface area (TPSA) is 57.8 Å². The molecule has 0 unspecified atom stereocenters. The molecule has 0 bridgehead atoms. The molecule has 0 saturated heterocycles. The zero-order valence-corrected chi connectivity index (χ0v) is 14.3. The minimum atomic E-state index is -0.0519. The van der Waals surface area contributed by atoms with Gasteiger partial charge in [0, 0.05) is 10.2 Å². The second kappa shape index (κ2) is 6.54. The third kappa shape index (κ3) is 3.69. The van der Waals surface area contributed by atoms with E-state index >= 15 is 0 Å². The van der Waals surface area contributed by atoms with Crippen LogP contribution in [0.5, 0.6) is 0 Å². The van der Waals surface area contributed by atoms with Gasteiger partial charge in [-0.25, -0.2) is 4.98 Å². The first-order valence-corrected chi connectivity index (χ1v) is 8.52. The zero-order valence-electron chi connectivity index (χ0n) is 11.9. The number of halogens is 1. The third-order valence-electron chi connectivity index (χ3n) is 3.08. The highest BCUT2D eigenvalue weighted by molar-refractivity contribution is 9.10. The minimum Gasteiger partial charge on any atom is -0.333 e. The number of imidazole rings is 1. The molecule has 3 aromatic rings. The number of carbonyl (C=O) groups is 1. The minimum absolute atomic E-state index is 0.0519. The van der Waals surface area contributed by atoms with Gasteiger partial charge in [-0.1, -0.05) is 33.8 Å². The van der Waals surface area contributed by atoms with Crippen molar-refractivity contribution in [3.63, 3.8) is 0 Å². The standard InChI is InChI=1S/C16H14BrN3OS/c1-10-2-7-13-14(8-10)20-16(19-13)22-9-15(21)18-12-5-3-11(17)4-6-12/h2-8H,9H2,1H3,(H,18,21)(H,19,20). The predicted molar refractivity (Wildman–Crippen MR) is 94.3 cm³/mol. The van der Waals surface area contributed by atoms with Crippen molar-refractivity contribution in [3.8, 4) is 0 Å².